The van der Waals surface area contributed by atoms with Gasteiger partial charge < -0.3 is 5.11 Å². The molecule has 0 aliphatic heterocycles. The summed E-state index contributed by atoms with van der Waals surface area (Å²) in [5.74, 6) is 0. The summed E-state index contributed by atoms with van der Waals surface area (Å²) in [6, 6.07) is 4.18. The van der Waals surface area contributed by atoms with Gasteiger partial charge in [0.2, 0.25) is 0 Å². The van der Waals surface area contributed by atoms with Crippen molar-refractivity contribution in [1.29, 1.82) is 0 Å². The van der Waals surface area contributed by atoms with Crippen LogP contribution < -0.4 is 5.32 Å². The predicted molar refractivity (Wildman–Crippen MR) is 52.4 cm³/mol. The van der Waals surface area contributed by atoms with E-state index in [1.54, 1.807) is 11.3 Å². The zero-order valence-electron chi connectivity index (χ0n) is 7.50. The van der Waals surface area contributed by atoms with Gasteiger partial charge in [-0.3, -0.25) is 5.32 Å². The van der Waals surface area contributed by atoms with Gasteiger partial charge in [-0.2, -0.15) is 0 Å². The first-order valence-electron chi connectivity index (χ1n) is 4.02. The second kappa shape index (κ2) is 4.03. The Morgan fingerprint density at radius 3 is 2.83 bits per heavy atom. The normalized spacial score (nSPS) is 11.9. The van der Waals surface area contributed by atoms with Crippen LogP contribution in [0.15, 0.2) is 17.5 Å². The van der Waals surface area contributed by atoms with Crippen LogP contribution in [0.2, 0.25) is 0 Å². The molecule has 0 radical (unpaired) electrons. The Labute approximate surface area is 77.2 Å². The molecular formula is C9H15NOS. The molecular weight excluding hydrogens is 170 g/mol. The van der Waals surface area contributed by atoms with Crippen LogP contribution in [0.25, 0.3) is 0 Å². The fraction of sp³-hybridized carbons (Fsp3) is 0.556. The quantitative estimate of drug-likeness (QED) is 0.698. The summed E-state index contributed by atoms with van der Waals surface area (Å²) in [5.41, 5.74) is 0.122. The van der Waals surface area contributed by atoms with Crippen LogP contribution in [-0.2, 0) is 5.41 Å². The van der Waals surface area contributed by atoms with Crippen molar-refractivity contribution in [3.8, 4) is 0 Å². The summed E-state index contributed by atoms with van der Waals surface area (Å²) in [4.78, 5) is 1.35. The molecule has 68 valence electrons. The standard InChI is InChI=1S/C9H15NOS/c1-9(2,6-10-7-11)8-4-3-5-12-8/h3-5,10-11H,6-7H2,1-2H3. The van der Waals surface area contributed by atoms with Crippen LogP contribution in [0.3, 0.4) is 0 Å². The third kappa shape index (κ3) is 2.30. The predicted octanol–water partition coefficient (Wildman–Crippen LogP) is 1.57. The topological polar surface area (TPSA) is 32.3 Å². The average molecular weight is 185 g/mol. The first kappa shape index (κ1) is 9.71. The Kier molecular flexibility index (Phi) is 3.26. The number of hydrogen-bond donors (Lipinski definition) is 2. The van der Waals surface area contributed by atoms with E-state index in [9.17, 15) is 0 Å². The summed E-state index contributed by atoms with van der Waals surface area (Å²) in [6.07, 6.45) is 0. The van der Waals surface area contributed by atoms with Crippen molar-refractivity contribution in [2.24, 2.45) is 0 Å². The van der Waals surface area contributed by atoms with Crippen molar-refractivity contribution in [2.75, 3.05) is 13.3 Å². The molecule has 0 saturated heterocycles. The van der Waals surface area contributed by atoms with Gasteiger partial charge in [-0.05, 0) is 11.4 Å². The van der Waals surface area contributed by atoms with Crippen molar-refractivity contribution in [1.82, 2.24) is 5.32 Å². The highest BCUT2D eigenvalue weighted by Gasteiger charge is 2.20. The minimum absolute atomic E-state index is 0.0504. The lowest BCUT2D eigenvalue weighted by Crippen LogP contribution is -2.32. The third-order valence-corrected chi connectivity index (χ3v) is 3.10. The maximum atomic E-state index is 8.62. The highest BCUT2D eigenvalue weighted by molar-refractivity contribution is 7.10. The first-order chi connectivity index (χ1) is 5.67. The molecule has 0 spiro atoms. The zero-order valence-corrected chi connectivity index (χ0v) is 8.32. The molecule has 0 bridgehead atoms. The minimum Gasteiger partial charge on any atom is -0.381 e. The van der Waals surface area contributed by atoms with Gasteiger partial charge in [-0.15, -0.1) is 11.3 Å². The van der Waals surface area contributed by atoms with Gasteiger partial charge in [0.05, 0.1) is 6.73 Å². The second-order valence-electron chi connectivity index (χ2n) is 3.45. The summed E-state index contributed by atoms with van der Waals surface area (Å²) in [5, 5.41) is 13.6. The summed E-state index contributed by atoms with van der Waals surface area (Å²) < 4.78 is 0. The van der Waals surface area contributed by atoms with E-state index in [1.165, 1.54) is 4.88 Å². The summed E-state index contributed by atoms with van der Waals surface area (Å²) in [6.45, 7) is 5.20. The number of aliphatic hydroxyl groups excluding tert-OH is 1. The molecule has 1 rings (SSSR count). The third-order valence-electron chi connectivity index (χ3n) is 1.87. The van der Waals surface area contributed by atoms with Crippen LogP contribution in [0, 0.1) is 0 Å². The monoisotopic (exact) mass is 185 g/mol. The number of nitrogens with one attached hydrogen (secondary N) is 1. The molecule has 0 fully saturated rings. The molecule has 0 saturated carbocycles. The lowest BCUT2D eigenvalue weighted by molar-refractivity contribution is 0.248. The Balaban J connectivity index is 2.59. The minimum atomic E-state index is 0.0504. The molecule has 1 heterocycles. The van der Waals surface area contributed by atoms with Gasteiger partial charge >= 0.3 is 0 Å². The second-order valence-corrected chi connectivity index (χ2v) is 4.39. The van der Waals surface area contributed by atoms with E-state index in [0.29, 0.717) is 0 Å². The van der Waals surface area contributed by atoms with E-state index in [1.807, 2.05) is 0 Å². The van der Waals surface area contributed by atoms with Gasteiger partial charge in [0.1, 0.15) is 0 Å². The van der Waals surface area contributed by atoms with Crippen LogP contribution in [0.4, 0.5) is 0 Å². The first-order valence-corrected chi connectivity index (χ1v) is 4.90. The van der Waals surface area contributed by atoms with Crippen LogP contribution in [0.5, 0.6) is 0 Å². The van der Waals surface area contributed by atoms with E-state index in [-0.39, 0.29) is 12.1 Å². The van der Waals surface area contributed by atoms with Crippen molar-refractivity contribution in [3.05, 3.63) is 22.4 Å². The number of thiophene rings is 1. The van der Waals surface area contributed by atoms with Gasteiger partial charge in [0.25, 0.3) is 0 Å². The number of aliphatic hydroxyl groups is 1. The Hall–Kier alpha value is -0.380. The summed E-state index contributed by atoms with van der Waals surface area (Å²) >= 11 is 1.76. The average Bonchev–Trinajstić information content (AvgIpc) is 2.53. The Bertz CT molecular complexity index is 218. The molecule has 0 amide bonds. The van der Waals surface area contributed by atoms with Gasteiger partial charge in [0, 0.05) is 16.8 Å². The summed E-state index contributed by atoms with van der Waals surface area (Å²) in [7, 11) is 0. The molecule has 3 heteroatoms. The van der Waals surface area contributed by atoms with Crippen molar-refractivity contribution < 1.29 is 5.11 Å². The molecule has 0 aliphatic carbocycles. The van der Waals surface area contributed by atoms with Gasteiger partial charge in [0.15, 0.2) is 0 Å². The maximum absolute atomic E-state index is 8.62. The Morgan fingerprint density at radius 1 is 1.58 bits per heavy atom. The fourth-order valence-corrected chi connectivity index (χ4v) is 1.97. The van der Waals surface area contributed by atoms with Crippen molar-refractivity contribution >= 4 is 11.3 Å². The molecule has 0 atom stereocenters. The van der Waals surface area contributed by atoms with E-state index in [0.717, 1.165) is 6.54 Å². The van der Waals surface area contributed by atoms with Crippen LogP contribution in [-0.4, -0.2) is 18.4 Å². The highest BCUT2D eigenvalue weighted by Crippen LogP contribution is 2.26. The molecule has 1 aromatic heterocycles. The number of rotatable bonds is 4. The van der Waals surface area contributed by atoms with Crippen molar-refractivity contribution in [2.45, 2.75) is 19.3 Å². The van der Waals surface area contributed by atoms with Crippen molar-refractivity contribution in [3.63, 3.8) is 0 Å². The number of hydrogen-bond acceptors (Lipinski definition) is 3. The van der Waals surface area contributed by atoms with Crippen LogP contribution >= 0.6 is 11.3 Å². The Morgan fingerprint density at radius 2 is 2.33 bits per heavy atom. The smallest absolute Gasteiger partial charge is 0.0931 e. The largest absolute Gasteiger partial charge is 0.381 e. The highest BCUT2D eigenvalue weighted by atomic mass is 32.1. The van der Waals surface area contributed by atoms with Gasteiger partial charge in [-0.25, -0.2) is 0 Å². The SMILES string of the molecule is CC(C)(CNCO)c1cccs1. The van der Waals surface area contributed by atoms with Gasteiger partial charge in [-0.1, -0.05) is 19.9 Å². The molecule has 0 unspecified atom stereocenters. The molecule has 0 aromatic carbocycles. The lowest BCUT2D eigenvalue weighted by Gasteiger charge is -2.22. The molecule has 1 aromatic rings. The van der Waals surface area contributed by atoms with E-state index < -0.39 is 0 Å². The van der Waals surface area contributed by atoms with E-state index in [2.05, 4.69) is 36.7 Å². The molecule has 0 aliphatic rings. The molecule has 2 nitrogen and oxygen atoms in total. The van der Waals surface area contributed by atoms with E-state index in [4.69, 9.17) is 5.11 Å². The fourth-order valence-electron chi connectivity index (χ4n) is 1.12. The molecule has 2 N–H and O–H groups in total. The lowest BCUT2D eigenvalue weighted by atomic mass is 9.92. The van der Waals surface area contributed by atoms with E-state index >= 15 is 0 Å². The van der Waals surface area contributed by atoms with Crippen LogP contribution in [0.1, 0.15) is 18.7 Å². The molecule has 12 heavy (non-hydrogen) atoms. The maximum Gasteiger partial charge on any atom is 0.0931 e. The zero-order chi connectivity index (χ0) is 9.03.